The molecule has 1 aliphatic carbocycles. The predicted molar refractivity (Wildman–Crippen MR) is 126 cm³/mol. The molecule has 1 aliphatic heterocycles. The third kappa shape index (κ3) is 3.65. The zero-order chi connectivity index (χ0) is 25.4. The fourth-order valence-electron chi connectivity index (χ4n) is 4.78. The molecule has 0 amide bonds. The maximum absolute atomic E-state index is 14.9. The number of ether oxygens (including phenoxy) is 1. The zero-order valence-electron chi connectivity index (χ0n) is 19.9. The minimum absolute atomic E-state index is 0.0195. The van der Waals surface area contributed by atoms with E-state index in [1.54, 1.807) is 30.9 Å². The number of pyridine rings is 1. The van der Waals surface area contributed by atoms with Crippen LogP contribution >= 0.6 is 0 Å². The van der Waals surface area contributed by atoms with E-state index in [2.05, 4.69) is 15.1 Å². The molecule has 1 aromatic carbocycles. The molecule has 6 rings (SSSR count). The summed E-state index contributed by atoms with van der Waals surface area (Å²) in [5, 5.41) is 4.46. The van der Waals surface area contributed by atoms with Gasteiger partial charge in [0.15, 0.2) is 11.6 Å². The molecule has 11 heteroatoms. The van der Waals surface area contributed by atoms with Gasteiger partial charge in [-0.05, 0) is 31.9 Å². The number of rotatable bonds is 3. The van der Waals surface area contributed by atoms with Crippen molar-refractivity contribution >= 4 is 16.7 Å². The maximum atomic E-state index is 14.9. The third-order valence-corrected chi connectivity index (χ3v) is 7.02. The van der Waals surface area contributed by atoms with Crippen LogP contribution in [0, 0.1) is 24.4 Å². The second kappa shape index (κ2) is 7.89. The van der Waals surface area contributed by atoms with E-state index >= 15 is 0 Å². The Bertz CT molecular complexity index is 1590. The number of benzene rings is 1. The predicted octanol–water partition coefficient (Wildman–Crippen LogP) is 3.57. The van der Waals surface area contributed by atoms with Crippen molar-refractivity contribution in [2.75, 3.05) is 18.0 Å². The van der Waals surface area contributed by atoms with Gasteiger partial charge in [-0.15, -0.1) is 0 Å². The number of nitrogens with zero attached hydrogens (tertiary/aromatic N) is 6. The molecular weight excluding hydrogens is 473 g/mol. The Labute approximate surface area is 204 Å². The quantitative estimate of drug-likeness (QED) is 0.404. The van der Waals surface area contributed by atoms with Crippen molar-refractivity contribution in [3.63, 3.8) is 0 Å². The fourth-order valence-corrected chi connectivity index (χ4v) is 4.78. The van der Waals surface area contributed by atoms with E-state index in [0.717, 1.165) is 24.5 Å². The first kappa shape index (κ1) is 22.7. The van der Waals surface area contributed by atoms with Crippen molar-refractivity contribution in [1.82, 2.24) is 24.3 Å². The number of fused-ring (bicyclic) bond motifs is 1. The first-order valence-corrected chi connectivity index (χ1v) is 11.6. The van der Waals surface area contributed by atoms with Crippen molar-refractivity contribution in [2.24, 2.45) is 14.1 Å². The summed E-state index contributed by atoms with van der Waals surface area (Å²) < 4.78 is 52.3. The van der Waals surface area contributed by atoms with Gasteiger partial charge in [-0.3, -0.25) is 14.0 Å². The fraction of sp³-hybridized carbons (Fsp3) is 0.360. The highest BCUT2D eigenvalue weighted by Gasteiger charge is 2.51. The van der Waals surface area contributed by atoms with Crippen LogP contribution in [0.5, 0.6) is 0 Å². The summed E-state index contributed by atoms with van der Waals surface area (Å²) in [6, 6.07) is 2.86. The first-order valence-electron chi connectivity index (χ1n) is 11.6. The minimum atomic E-state index is -1.31. The van der Waals surface area contributed by atoms with Crippen LogP contribution in [-0.4, -0.2) is 43.0 Å². The highest BCUT2D eigenvalue weighted by Crippen LogP contribution is 2.48. The lowest BCUT2D eigenvalue weighted by Crippen LogP contribution is -2.46. The number of hydrogen-bond acceptors (Lipinski definition) is 6. The molecule has 1 saturated carbocycles. The highest BCUT2D eigenvalue weighted by atomic mass is 19.2. The van der Waals surface area contributed by atoms with Crippen molar-refractivity contribution in [3.8, 4) is 11.3 Å². The Morgan fingerprint density at radius 2 is 1.81 bits per heavy atom. The van der Waals surface area contributed by atoms with Gasteiger partial charge in [0, 0.05) is 44.0 Å². The number of anilines is 1. The molecule has 1 saturated heterocycles. The van der Waals surface area contributed by atoms with Crippen LogP contribution in [0.4, 0.5) is 19.0 Å². The van der Waals surface area contributed by atoms with Gasteiger partial charge in [0.2, 0.25) is 0 Å². The minimum Gasteiger partial charge on any atom is -0.363 e. The monoisotopic (exact) mass is 496 g/mol. The van der Waals surface area contributed by atoms with E-state index in [1.165, 1.54) is 4.57 Å². The molecule has 2 fully saturated rings. The van der Waals surface area contributed by atoms with Crippen LogP contribution in [0.1, 0.15) is 30.3 Å². The van der Waals surface area contributed by atoms with Gasteiger partial charge in [0.05, 0.1) is 23.7 Å². The van der Waals surface area contributed by atoms with Crippen LogP contribution < -0.4 is 10.5 Å². The summed E-state index contributed by atoms with van der Waals surface area (Å²) in [7, 11) is 3.42. The molecule has 0 unspecified atom stereocenters. The average Bonchev–Trinajstić information content (AvgIpc) is 3.43. The summed E-state index contributed by atoms with van der Waals surface area (Å²) in [6.45, 7) is 2.59. The lowest BCUT2D eigenvalue weighted by atomic mass is 10.1. The Morgan fingerprint density at radius 3 is 2.50 bits per heavy atom. The smallest absolute Gasteiger partial charge is 0.261 e. The number of hydrogen-bond donors (Lipinski definition) is 0. The first-order chi connectivity index (χ1) is 17.1. The summed E-state index contributed by atoms with van der Waals surface area (Å²) in [4.78, 5) is 24.3. The molecule has 186 valence electrons. The van der Waals surface area contributed by atoms with Crippen LogP contribution in [0.3, 0.4) is 0 Å². The molecule has 4 heterocycles. The molecule has 1 spiro atoms. The zero-order valence-corrected chi connectivity index (χ0v) is 19.9. The molecule has 0 bridgehead atoms. The van der Waals surface area contributed by atoms with E-state index in [9.17, 15) is 18.0 Å². The molecular formula is C25H23F3N6O2. The topological polar surface area (TPSA) is 78.1 Å². The van der Waals surface area contributed by atoms with Gasteiger partial charge in [-0.2, -0.15) is 5.10 Å². The number of aromatic nitrogens is 5. The lowest BCUT2D eigenvalue weighted by Gasteiger charge is -2.39. The van der Waals surface area contributed by atoms with Gasteiger partial charge in [-0.1, -0.05) is 0 Å². The Balaban J connectivity index is 1.55. The van der Waals surface area contributed by atoms with Crippen molar-refractivity contribution in [2.45, 2.75) is 31.5 Å². The van der Waals surface area contributed by atoms with Gasteiger partial charge < -0.3 is 9.64 Å². The molecule has 4 aromatic rings. The Kier molecular flexibility index (Phi) is 4.98. The second-order valence-corrected chi connectivity index (χ2v) is 9.61. The van der Waals surface area contributed by atoms with Crippen LogP contribution in [0.15, 0.2) is 35.4 Å². The largest absolute Gasteiger partial charge is 0.363 e. The van der Waals surface area contributed by atoms with Crippen molar-refractivity contribution < 1.29 is 17.9 Å². The average molecular weight is 496 g/mol. The van der Waals surface area contributed by atoms with E-state index < -0.39 is 17.5 Å². The molecule has 1 atom stereocenters. The second-order valence-electron chi connectivity index (χ2n) is 9.61. The van der Waals surface area contributed by atoms with E-state index in [1.807, 2.05) is 18.1 Å². The van der Waals surface area contributed by atoms with E-state index in [-0.39, 0.29) is 39.4 Å². The standard InChI is InChI=1S/C25H23F3N6O2/c1-13-30-23-16(24(35)33(13)3)7-21(31-22(23)15-6-18(27)19(28)8-17(15)26)34-11-20(14-9-29-32(2)10-14)36-25(12-34)4-5-25/h6-10,20H,4-5,11-12H2,1-3H3/t20-/m0/s1. The number of aryl methyl sites for hydroxylation is 2. The summed E-state index contributed by atoms with van der Waals surface area (Å²) in [5.74, 6) is -2.72. The van der Waals surface area contributed by atoms with Crippen molar-refractivity contribution in [1.29, 1.82) is 0 Å². The molecule has 2 aliphatic rings. The molecule has 8 nitrogen and oxygen atoms in total. The molecule has 0 radical (unpaired) electrons. The van der Waals surface area contributed by atoms with Gasteiger partial charge in [-0.25, -0.2) is 23.1 Å². The maximum Gasteiger partial charge on any atom is 0.261 e. The molecule has 3 aromatic heterocycles. The number of halogens is 3. The summed E-state index contributed by atoms with van der Waals surface area (Å²) in [6.07, 6.45) is 5.11. The Hall–Kier alpha value is -3.73. The van der Waals surface area contributed by atoms with E-state index in [4.69, 9.17) is 4.74 Å². The van der Waals surface area contributed by atoms with Crippen LogP contribution in [-0.2, 0) is 18.8 Å². The third-order valence-electron chi connectivity index (χ3n) is 7.02. The highest BCUT2D eigenvalue weighted by molar-refractivity contribution is 5.93. The molecule has 0 N–H and O–H groups in total. The van der Waals surface area contributed by atoms with Crippen LogP contribution in [0.2, 0.25) is 0 Å². The van der Waals surface area contributed by atoms with Gasteiger partial charge >= 0.3 is 0 Å². The van der Waals surface area contributed by atoms with Gasteiger partial charge in [0.25, 0.3) is 5.56 Å². The van der Waals surface area contributed by atoms with Gasteiger partial charge in [0.1, 0.15) is 34.8 Å². The van der Waals surface area contributed by atoms with Crippen molar-refractivity contribution in [3.05, 3.63) is 69.8 Å². The SMILES string of the molecule is Cc1nc2c(-c3cc(F)c(F)cc3F)nc(N3C[C@@H](c4cnn(C)c4)OC4(CC4)C3)cc2c(=O)n1C. The summed E-state index contributed by atoms with van der Waals surface area (Å²) >= 11 is 0. The molecule has 36 heavy (non-hydrogen) atoms. The lowest BCUT2D eigenvalue weighted by molar-refractivity contribution is -0.0455. The number of morpholine rings is 1. The van der Waals surface area contributed by atoms with E-state index in [0.29, 0.717) is 30.8 Å². The summed E-state index contributed by atoms with van der Waals surface area (Å²) in [5.41, 5.74) is 0.0627. The van der Waals surface area contributed by atoms with Crippen LogP contribution in [0.25, 0.3) is 22.2 Å². The normalized spacial score (nSPS) is 18.8. The Morgan fingerprint density at radius 1 is 1.06 bits per heavy atom.